The van der Waals surface area contributed by atoms with Crippen molar-refractivity contribution in [2.75, 3.05) is 13.7 Å². The molecule has 1 N–H and O–H groups in total. The second-order valence-electron chi connectivity index (χ2n) is 5.18. The van der Waals surface area contributed by atoms with Crippen molar-refractivity contribution in [3.63, 3.8) is 0 Å². The van der Waals surface area contributed by atoms with Gasteiger partial charge in [-0.25, -0.2) is 4.39 Å². The zero-order chi connectivity index (χ0) is 14.8. The fraction of sp³-hybridized carbons (Fsp3) is 0.294. The van der Waals surface area contributed by atoms with Gasteiger partial charge in [-0.2, -0.15) is 0 Å². The number of hydrogen-bond donors (Lipinski definition) is 1. The summed E-state index contributed by atoms with van der Waals surface area (Å²) in [6.45, 7) is 0.765. The minimum absolute atomic E-state index is 0.00514. The highest BCUT2D eigenvalue weighted by Gasteiger charge is 2.22. The molecule has 4 heteroatoms. The van der Waals surface area contributed by atoms with Gasteiger partial charge in [0.25, 0.3) is 0 Å². The number of aryl methyl sites for hydroxylation is 1. The molecule has 2 nitrogen and oxygen atoms in total. The van der Waals surface area contributed by atoms with Crippen LogP contribution in [0.4, 0.5) is 4.39 Å². The van der Waals surface area contributed by atoms with E-state index < -0.39 is 0 Å². The van der Waals surface area contributed by atoms with E-state index in [-0.39, 0.29) is 11.9 Å². The lowest BCUT2D eigenvalue weighted by Crippen LogP contribution is -2.21. The van der Waals surface area contributed by atoms with Crippen LogP contribution in [0.5, 0.6) is 5.75 Å². The molecule has 0 radical (unpaired) electrons. The largest absolute Gasteiger partial charge is 0.493 e. The summed E-state index contributed by atoms with van der Waals surface area (Å²) in [5.74, 6) is 0.785. The molecule has 0 saturated heterocycles. The summed E-state index contributed by atoms with van der Waals surface area (Å²) >= 11 is 2.19. The van der Waals surface area contributed by atoms with Gasteiger partial charge in [0.05, 0.1) is 12.6 Å². The van der Waals surface area contributed by atoms with Crippen LogP contribution in [-0.4, -0.2) is 13.7 Å². The minimum atomic E-state index is -0.204. The Kier molecular flexibility index (Phi) is 4.45. The standard InChI is InChI=1S/C17H17FINO/c1-20-16(13-8-7-12(18)10-15(13)19)14-6-2-4-11-5-3-9-21-17(11)14/h2,4,6-8,10,16,20H,3,5,9H2,1H3. The first kappa shape index (κ1) is 14.8. The Hall–Kier alpha value is -1.14. The van der Waals surface area contributed by atoms with Crippen molar-refractivity contribution >= 4 is 22.6 Å². The summed E-state index contributed by atoms with van der Waals surface area (Å²) in [4.78, 5) is 0. The van der Waals surface area contributed by atoms with Gasteiger partial charge in [-0.15, -0.1) is 0 Å². The lowest BCUT2D eigenvalue weighted by molar-refractivity contribution is 0.283. The van der Waals surface area contributed by atoms with Crippen LogP contribution >= 0.6 is 22.6 Å². The Morgan fingerprint density at radius 1 is 1.24 bits per heavy atom. The smallest absolute Gasteiger partial charge is 0.127 e. The number of ether oxygens (including phenoxy) is 1. The van der Waals surface area contributed by atoms with E-state index in [9.17, 15) is 4.39 Å². The molecule has 1 atom stereocenters. The van der Waals surface area contributed by atoms with Crippen LogP contribution in [0.3, 0.4) is 0 Å². The molecule has 2 aromatic carbocycles. The number of rotatable bonds is 3. The average molecular weight is 397 g/mol. The van der Waals surface area contributed by atoms with Crippen molar-refractivity contribution in [2.24, 2.45) is 0 Å². The third kappa shape index (κ3) is 2.92. The van der Waals surface area contributed by atoms with Gasteiger partial charge in [0.1, 0.15) is 11.6 Å². The van der Waals surface area contributed by atoms with E-state index in [1.54, 1.807) is 6.07 Å². The number of halogens is 2. The highest BCUT2D eigenvalue weighted by Crippen LogP contribution is 2.36. The Labute approximate surface area is 137 Å². The molecule has 0 aromatic heterocycles. The molecule has 1 aliphatic rings. The van der Waals surface area contributed by atoms with Crippen molar-refractivity contribution in [3.05, 3.63) is 62.5 Å². The van der Waals surface area contributed by atoms with E-state index in [2.05, 4.69) is 46.1 Å². The zero-order valence-electron chi connectivity index (χ0n) is 11.8. The Bertz CT molecular complexity index is 659. The highest BCUT2D eigenvalue weighted by molar-refractivity contribution is 14.1. The van der Waals surface area contributed by atoms with Crippen molar-refractivity contribution in [1.29, 1.82) is 0 Å². The Balaban J connectivity index is 2.08. The van der Waals surface area contributed by atoms with Crippen LogP contribution in [0.25, 0.3) is 0 Å². The lowest BCUT2D eigenvalue weighted by Gasteiger charge is -2.26. The van der Waals surface area contributed by atoms with E-state index in [4.69, 9.17) is 4.74 Å². The van der Waals surface area contributed by atoms with Crippen LogP contribution in [0, 0.1) is 9.39 Å². The zero-order valence-corrected chi connectivity index (χ0v) is 14.0. The molecule has 0 fully saturated rings. The first-order valence-electron chi connectivity index (χ1n) is 7.07. The van der Waals surface area contributed by atoms with Crippen molar-refractivity contribution in [3.8, 4) is 5.75 Å². The average Bonchev–Trinajstić information content (AvgIpc) is 2.50. The topological polar surface area (TPSA) is 21.3 Å². The maximum Gasteiger partial charge on any atom is 0.127 e. The highest BCUT2D eigenvalue weighted by atomic mass is 127. The molecule has 0 aliphatic carbocycles. The third-order valence-electron chi connectivity index (χ3n) is 3.84. The van der Waals surface area contributed by atoms with E-state index in [1.165, 1.54) is 11.6 Å². The van der Waals surface area contributed by atoms with Gasteiger partial charge in [-0.3, -0.25) is 0 Å². The van der Waals surface area contributed by atoms with Crippen molar-refractivity contribution in [1.82, 2.24) is 5.32 Å². The second kappa shape index (κ2) is 6.32. The van der Waals surface area contributed by atoms with Gasteiger partial charge in [0, 0.05) is 9.13 Å². The fourth-order valence-electron chi connectivity index (χ4n) is 2.86. The summed E-state index contributed by atoms with van der Waals surface area (Å²) in [5, 5.41) is 3.34. The predicted octanol–water partition coefficient (Wildman–Crippen LogP) is 4.06. The van der Waals surface area contributed by atoms with E-state index >= 15 is 0 Å². The monoisotopic (exact) mass is 397 g/mol. The normalized spacial score (nSPS) is 15.2. The molecular formula is C17H17FINO. The molecule has 1 aliphatic heterocycles. The predicted molar refractivity (Wildman–Crippen MR) is 90.3 cm³/mol. The van der Waals surface area contributed by atoms with Gasteiger partial charge in [-0.05, 0) is 65.7 Å². The van der Waals surface area contributed by atoms with Crippen molar-refractivity contribution in [2.45, 2.75) is 18.9 Å². The van der Waals surface area contributed by atoms with E-state index in [1.807, 2.05) is 13.1 Å². The summed E-state index contributed by atoms with van der Waals surface area (Å²) < 4.78 is 20.2. The molecule has 0 bridgehead atoms. The Morgan fingerprint density at radius 3 is 2.86 bits per heavy atom. The van der Waals surface area contributed by atoms with Gasteiger partial charge in [-0.1, -0.05) is 24.3 Å². The van der Waals surface area contributed by atoms with Crippen LogP contribution in [0.2, 0.25) is 0 Å². The quantitative estimate of drug-likeness (QED) is 0.789. The maximum atomic E-state index is 13.3. The van der Waals surface area contributed by atoms with Crippen LogP contribution in [0.1, 0.15) is 29.2 Å². The molecule has 0 saturated carbocycles. The minimum Gasteiger partial charge on any atom is -0.493 e. The van der Waals surface area contributed by atoms with Crippen LogP contribution < -0.4 is 10.1 Å². The molecule has 2 aromatic rings. The molecule has 3 rings (SSSR count). The molecule has 110 valence electrons. The maximum absolute atomic E-state index is 13.3. The number of fused-ring (bicyclic) bond motifs is 1. The molecule has 1 heterocycles. The number of para-hydroxylation sites is 1. The second-order valence-corrected chi connectivity index (χ2v) is 6.34. The molecule has 1 unspecified atom stereocenters. The number of benzene rings is 2. The first-order chi connectivity index (χ1) is 10.2. The van der Waals surface area contributed by atoms with Gasteiger partial charge < -0.3 is 10.1 Å². The first-order valence-corrected chi connectivity index (χ1v) is 8.15. The SMILES string of the molecule is CNC(c1ccc(F)cc1I)c1cccc2c1OCCC2. The fourth-order valence-corrected chi connectivity index (χ4v) is 3.64. The van der Waals surface area contributed by atoms with Crippen LogP contribution in [0.15, 0.2) is 36.4 Å². The molecule has 21 heavy (non-hydrogen) atoms. The number of hydrogen-bond acceptors (Lipinski definition) is 2. The summed E-state index contributed by atoms with van der Waals surface area (Å²) in [7, 11) is 1.92. The molecular weight excluding hydrogens is 380 g/mol. The summed E-state index contributed by atoms with van der Waals surface area (Å²) in [6.07, 6.45) is 2.12. The lowest BCUT2D eigenvalue weighted by atomic mass is 9.94. The Morgan fingerprint density at radius 2 is 2.10 bits per heavy atom. The molecule has 0 amide bonds. The van der Waals surface area contributed by atoms with Gasteiger partial charge >= 0.3 is 0 Å². The summed E-state index contributed by atoms with van der Waals surface area (Å²) in [5.41, 5.74) is 3.46. The number of nitrogens with one attached hydrogen (secondary N) is 1. The van der Waals surface area contributed by atoms with E-state index in [0.717, 1.165) is 39.9 Å². The summed E-state index contributed by atoms with van der Waals surface area (Å²) in [6, 6.07) is 11.2. The van der Waals surface area contributed by atoms with Gasteiger partial charge in [0.2, 0.25) is 0 Å². The van der Waals surface area contributed by atoms with Crippen molar-refractivity contribution < 1.29 is 9.13 Å². The van der Waals surface area contributed by atoms with Crippen LogP contribution in [-0.2, 0) is 6.42 Å². The third-order valence-corrected chi connectivity index (χ3v) is 4.77. The van der Waals surface area contributed by atoms with E-state index in [0.29, 0.717) is 0 Å². The molecule has 0 spiro atoms. The van der Waals surface area contributed by atoms with Gasteiger partial charge in [0.15, 0.2) is 0 Å².